The molecule has 1 aromatic heterocycles. The number of fused-ring (bicyclic) bond motifs is 1. The maximum absolute atomic E-state index is 12.4. The second-order valence-corrected chi connectivity index (χ2v) is 6.00. The molecule has 6 heteroatoms. The Morgan fingerprint density at radius 3 is 2.64 bits per heavy atom. The normalized spacial score (nSPS) is 12.1. The van der Waals surface area contributed by atoms with Gasteiger partial charge in [-0.3, -0.25) is 4.79 Å². The molecule has 0 radical (unpaired) electrons. The fourth-order valence-corrected chi connectivity index (χ4v) is 2.61. The van der Waals surface area contributed by atoms with Gasteiger partial charge in [0.05, 0.1) is 17.1 Å². The molecule has 0 fully saturated rings. The first kappa shape index (κ1) is 17.0. The van der Waals surface area contributed by atoms with Crippen LogP contribution in [0, 0.1) is 0 Å². The van der Waals surface area contributed by atoms with Crippen molar-refractivity contribution in [1.29, 1.82) is 0 Å². The Bertz CT molecular complexity index is 843. The third-order valence-electron chi connectivity index (χ3n) is 3.84. The third kappa shape index (κ3) is 4.36. The highest BCUT2D eigenvalue weighted by Crippen LogP contribution is 2.19. The van der Waals surface area contributed by atoms with Gasteiger partial charge in [-0.15, -0.1) is 0 Å². The molecule has 2 aromatic carbocycles. The molecule has 0 saturated carbocycles. The Balaban J connectivity index is 1.74. The fourth-order valence-electron chi connectivity index (χ4n) is 2.61. The van der Waals surface area contributed by atoms with Gasteiger partial charge in [-0.1, -0.05) is 42.5 Å². The molecule has 0 aliphatic heterocycles. The quantitative estimate of drug-likeness (QED) is 0.617. The zero-order chi connectivity index (χ0) is 17.6. The minimum absolute atomic E-state index is 0.0906. The monoisotopic (exact) mass is 338 g/mol. The van der Waals surface area contributed by atoms with Gasteiger partial charge < -0.3 is 20.3 Å². The number of hydrogen-bond acceptors (Lipinski definition) is 4. The van der Waals surface area contributed by atoms with Gasteiger partial charge in [0.1, 0.15) is 6.54 Å². The number of imidazole rings is 1. The molecule has 0 aliphatic rings. The summed E-state index contributed by atoms with van der Waals surface area (Å²) in [6.45, 7) is 2.72. The van der Waals surface area contributed by atoms with Crippen LogP contribution in [0.25, 0.3) is 11.0 Å². The molecule has 3 N–H and O–H groups in total. The topological polar surface area (TPSA) is 79.2 Å². The van der Waals surface area contributed by atoms with Crippen molar-refractivity contribution >= 4 is 22.9 Å². The van der Waals surface area contributed by atoms with E-state index in [4.69, 9.17) is 0 Å². The molecule has 0 spiro atoms. The van der Waals surface area contributed by atoms with Crippen molar-refractivity contribution < 1.29 is 9.90 Å². The lowest BCUT2D eigenvalue weighted by atomic mass is 10.2. The number of aliphatic hydroxyl groups is 1. The molecule has 130 valence electrons. The molecule has 3 rings (SSSR count). The second-order valence-electron chi connectivity index (χ2n) is 6.00. The number of anilines is 1. The first-order valence-electron chi connectivity index (χ1n) is 8.31. The van der Waals surface area contributed by atoms with Crippen molar-refractivity contribution in [3.8, 4) is 0 Å². The summed E-state index contributed by atoms with van der Waals surface area (Å²) < 4.78 is 1.83. The number of para-hydroxylation sites is 2. The lowest BCUT2D eigenvalue weighted by Gasteiger charge is -2.12. The van der Waals surface area contributed by atoms with E-state index in [-0.39, 0.29) is 12.5 Å². The number of hydrogen-bond donors (Lipinski definition) is 3. The van der Waals surface area contributed by atoms with E-state index in [0.717, 1.165) is 16.6 Å². The molecule has 0 saturated heterocycles. The lowest BCUT2D eigenvalue weighted by molar-refractivity contribution is -0.121. The number of rotatable bonds is 7. The summed E-state index contributed by atoms with van der Waals surface area (Å²) in [5.74, 6) is 0.490. The van der Waals surface area contributed by atoms with Gasteiger partial charge in [-0.2, -0.15) is 0 Å². The summed E-state index contributed by atoms with van der Waals surface area (Å²) in [6.07, 6.45) is -0.500. The van der Waals surface area contributed by atoms with Crippen molar-refractivity contribution in [2.45, 2.75) is 26.1 Å². The number of amides is 1. The van der Waals surface area contributed by atoms with Gasteiger partial charge >= 0.3 is 0 Å². The van der Waals surface area contributed by atoms with Crippen LogP contribution in [0.15, 0.2) is 54.6 Å². The molecule has 1 heterocycles. The van der Waals surface area contributed by atoms with Gasteiger partial charge in [-0.25, -0.2) is 4.98 Å². The molecular weight excluding hydrogens is 316 g/mol. The maximum Gasteiger partial charge on any atom is 0.240 e. The van der Waals surface area contributed by atoms with E-state index in [2.05, 4.69) is 15.6 Å². The van der Waals surface area contributed by atoms with E-state index in [1.165, 1.54) is 0 Å². The first-order chi connectivity index (χ1) is 12.1. The molecule has 0 aliphatic carbocycles. The van der Waals surface area contributed by atoms with Gasteiger partial charge in [0.15, 0.2) is 0 Å². The molecule has 25 heavy (non-hydrogen) atoms. The summed E-state index contributed by atoms with van der Waals surface area (Å²) in [5, 5.41) is 15.5. The summed E-state index contributed by atoms with van der Waals surface area (Å²) in [5.41, 5.74) is 2.75. The SMILES string of the molecule is CC(O)CNc1nc2ccccc2n1CC(=O)NCc1ccccc1. The number of carbonyl (C=O) groups is 1. The van der Waals surface area contributed by atoms with Crippen molar-refractivity contribution in [2.24, 2.45) is 0 Å². The van der Waals surface area contributed by atoms with E-state index < -0.39 is 6.10 Å². The summed E-state index contributed by atoms with van der Waals surface area (Å²) in [4.78, 5) is 16.9. The number of nitrogens with zero attached hydrogens (tertiary/aromatic N) is 2. The minimum Gasteiger partial charge on any atom is -0.392 e. The Morgan fingerprint density at radius 2 is 1.88 bits per heavy atom. The highest BCUT2D eigenvalue weighted by molar-refractivity contribution is 5.83. The van der Waals surface area contributed by atoms with Crippen LogP contribution in [0.2, 0.25) is 0 Å². The van der Waals surface area contributed by atoms with Gasteiger partial charge in [0.2, 0.25) is 11.9 Å². The zero-order valence-corrected chi connectivity index (χ0v) is 14.1. The molecule has 6 nitrogen and oxygen atoms in total. The van der Waals surface area contributed by atoms with Crippen LogP contribution in [0.3, 0.4) is 0 Å². The first-order valence-corrected chi connectivity index (χ1v) is 8.31. The van der Waals surface area contributed by atoms with Crippen molar-refractivity contribution in [2.75, 3.05) is 11.9 Å². The van der Waals surface area contributed by atoms with Gasteiger partial charge in [0, 0.05) is 13.1 Å². The van der Waals surface area contributed by atoms with Gasteiger partial charge in [-0.05, 0) is 24.6 Å². The number of aliphatic hydroxyl groups excluding tert-OH is 1. The Morgan fingerprint density at radius 1 is 1.16 bits per heavy atom. The van der Waals surface area contributed by atoms with Crippen LogP contribution < -0.4 is 10.6 Å². The van der Waals surface area contributed by atoms with E-state index in [9.17, 15) is 9.90 Å². The zero-order valence-electron chi connectivity index (χ0n) is 14.1. The largest absolute Gasteiger partial charge is 0.392 e. The van der Waals surface area contributed by atoms with E-state index in [1.54, 1.807) is 6.92 Å². The number of nitrogens with one attached hydrogen (secondary N) is 2. The average Bonchev–Trinajstić information content (AvgIpc) is 2.97. The second kappa shape index (κ2) is 7.81. The lowest BCUT2D eigenvalue weighted by Crippen LogP contribution is -2.28. The fraction of sp³-hybridized carbons (Fsp3) is 0.263. The smallest absolute Gasteiger partial charge is 0.240 e. The third-order valence-corrected chi connectivity index (χ3v) is 3.84. The molecule has 1 atom stereocenters. The highest BCUT2D eigenvalue weighted by Gasteiger charge is 2.13. The van der Waals surface area contributed by atoms with Crippen LogP contribution in [0.5, 0.6) is 0 Å². The van der Waals surface area contributed by atoms with Crippen LogP contribution in [-0.2, 0) is 17.9 Å². The standard InChI is InChI=1S/C19H22N4O2/c1-14(24)11-21-19-22-16-9-5-6-10-17(16)23(19)13-18(25)20-12-15-7-3-2-4-8-15/h2-10,14,24H,11-13H2,1H3,(H,20,25)(H,21,22). The predicted molar refractivity (Wildman–Crippen MR) is 98.2 cm³/mol. The number of carbonyl (C=O) groups excluding carboxylic acids is 1. The summed E-state index contributed by atoms with van der Waals surface area (Å²) >= 11 is 0. The molecule has 0 bridgehead atoms. The van der Waals surface area contributed by atoms with E-state index in [0.29, 0.717) is 19.0 Å². The van der Waals surface area contributed by atoms with E-state index in [1.807, 2.05) is 59.2 Å². The minimum atomic E-state index is -0.500. The molecule has 3 aromatic rings. The highest BCUT2D eigenvalue weighted by atomic mass is 16.3. The Labute approximate surface area is 146 Å². The predicted octanol–water partition coefficient (Wildman–Crippen LogP) is 2.15. The number of aromatic nitrogens is 2. The van der Waals surface area contributed by atoms with Crippen molar-refractivity contribution in [3.63, 3.8) is 0 Å². The van der Waals surface area contributed by atoms with E-state index >= 15 is 0 Å². The van der Waals surface area contributed by atoms with Crippen LogP contribution in [0.4, 0.5) is 5.95 Å². The number of benzene rings is 2. The molecule has 1 unspecified atom stereocenters. The van der Waals surface area contributed by atoms with Crippen molar-refractivity contribution in [3.05, 3.63) is 60.2 Å². The van der Waals surface area contributed by atoms with Crippen LogP contribution in [0.1, 0.15) is 12.5 Å². The van der Waals surface area contributed by atoms with Gasteiger partial charge in [0.25, 0.3) is 0 Å². The molecular formula is C19H22N4O2. The average molecular weight is 338 g/mol. The van der Waals surface area contributed by atoms with Crippen LogP contribution in [-0.4, -0.2) is 33.2 Å². The summed E-state index contributed by atoms with van der Waals surface area (Å²) in [6, 6.07) is 17.5. The van der Waals surface area contributed by atoms with Crippen molar-refractivity contribution in [1.82, 2.24) is 14.9 Å². The Hall–Kier alpha value is -2.86. The molecule has 1 amide bonds. The van der Waals surface area contributed by atoms with Crippen LogP contribution >= 0.6 is 0 Å². The maximum atomic E-state index is 12.4. The summed E-state index contributed by atoms with van der Waals surface area (Å²) in [7, 11) is 0. The Kier molecular flexibility index (Phi) is 5.30.